The summed E-state index contributed by atoms with van der Waals surface area (Å²) in [7, 11) is 3.86. The van der Waals surface area contributed by atoms with Crippen LogP contribution in [0.1, 0.15) is 26.3 Å². The van der Waals surface area contributed by atoms with Gasteiger partial charge in [0, 0.05) is 22.3 Å². The summed E-state index contributed by atoms with van der Waals surface area (Å²) >= 11 is 12.1. The standard InChI is InChI=1S/C20H17Cl2NO6/c1-27-18-11(7-14(21)10-16(18)22)4-5-17(24)23-15-8-12(19(25)28-2)6-13(9-15)20(26)29-3/h4-10H,1-3H3,(H,23,24)/b5-4+. The van der Waals surface area contributed by atoms with Crippen LogP contribution in [0.25, 0.3) is 6.08 Å². The highest BCUT2D eigenvalue weighted by Gasteiger charge is 2.15. The molecule has 1 amide bonds. The maximum absolute atomic E-state index is 12.3. The van der Waals surface area contributed by atoms with Crippen molar-refractivity contribution in [1.82, 2.24) is 0 Å². The highest BCUT2D eigenvalue weighted by molar-refractivity contribution is 6.36. The van der Waals surface area contributed by atoms with Gasteiger partial charge < -0.3 is 19.5 Å². The lowest BCUT2D eigenvalue weighted by Gasteiger charge is -2.09. The van der Waals surface area contributed by atoms with Crippen LogP contribution in [0.4, 0.5) is 5.69 Å². The second-order valence-electron chi connectivity index (χ2n) is 5.61. The molecule has 2 aromatic rings. The van der Waals surface area contributed by atoms with Gasteiger partial charge >= 0.3 is 11.9 Å². The molecule has 0 aliphatic heterocycles. The number of carbonyl (C=O) groups is 3. The van der Waals surface area contributed by atoms with Crippen LogP contribution in [0, 0.1) is 0 Å². The Bertz CT molecular complexity index is 953. The molecule has 0 unspecified atom stereocenters. The fraction of sp³-hybridized carbons (Fsp3) is 0.150. The summed E-state index contributed by atoms with van der Waals surface area (Å²) in [5, 5.41) is 3.25. The molecular weight excluding hydrogens is 421 g/mol. The minimum atomic E-state index is -0.667. The molecule has 0 bridgehead atoms. The van der Waals surface area contributed by atoms with E-state index in [1.54, 1.807) is 6.07 Å². The molecule has 152 valence electrons. The summed E-state index contributed by atoms with van der Waals surface area (Å²) < 4.78 is 14.5. The van der Waals surface area contributed by atoms with Crippen molar-refractivity contribution < 1.29 is 28.6 Å². The molecule has 29 heavy (non-hydrogen) atoms. The average molecular weight is 438 g/mol. The Hall–Kier alpha value is -3.03. The van der Waals surface area contributed by atoms with Gasteiger partial charge in [-0.1, -0.05) is 23.2 Å². The zero-order valence-corrected chi connectivity index (χ0v) is 17.3. The second-order valence-corrected chi connectivity index (χ2v) is 6.46. The Morgan fingerprint density at radius 2 is 1.48 bits per heavy atom. The number of methoxy groups -OCH3 is 3. The van der Waals surface area contributed by atoms with E-state index in [0.29, 0.717) is 21.4 Å². The molecule has 0 aromatic heterocycles. The van der Waals surface area contributed by atoms with Gasteiger partial charge in [-0.2, -0.15) is 0 Å². The largest absolute Gasteiger partial charge is 0.495 e. The molecule has 2 rings (SSSR count). The van der Waals surface area contributed by atoms with E-state index in [2.05, 4.69) is 14.8 Å². The van der Waals surface area contributed by atoms with E-state index in [-0.39, 0.29) is 16.8 Å². The number of benzene rings is 2. The Balaban J connectivity index is 2.30. The lowest BCUT2D eigenvalue weighted by Crippen LogP contribution is -2.12. The predicted octanol–water partition coefficient (Wildman–Crippen LogP) is 4.23. The van der Waals surface area contributed by atoms with Gasteiger partial charge in [0.2, 0.25) is 5.91 Å². The maximum Gasteiger partial charge on any atom is 0.337 e. The monoisotopic (exact) mass is 437 g/mol. The minimum Gasteiger partial charge on any atom is -0.495 e. The zero-order chi connectivity index (χ0) is 21.6. The van der Waals surface area contributed by atoms with Gasteiger partial charge in [-0.05, 0) is 36.4 Å². The smallest absolute Gasteiger partial charge is 0.337 e. The Morgan fingerprint density at radius 3 is 2.00 bits per heavy atom. The first-order chi connectivity index (χ1) is 13.8. The number of esters is 2. The van der Waals surface area contributed by atoms with E-state index >= 15 is 0 Å². The summed E-state index contributed by atoms with van der Waals surface area (Å²) in [4.78, 5) is 36.0. The van der Waals surface area contributed by atoms with Gasteiger partial charge in [0.1, 0.15) is 5.75 Å². The van der Waals surface area contributed by atoms with Crippen LogP contribution >= 0.6 is 23.2 Å². The van der Waals surface area contributed by atoms with Gasteiger partial charge in [-0.25, -0.2) is 9.59 Å². The number of rotatable bonds is 6. The van der Waals surface area contributed by atoms with E-state index in [9.17, 15) is 14.4 Å². The van der Waals surface area contributed by atoms with Crippen LogP contribution in [0.15, 0.2) is 36.4 Å². The first kappa shape index (κ1) is 22.3. The van der Waals surface area contributed by atoms with E-state index in [4.69, 9.17) is 27.9 Å². The highest BCUT2D eigenvalue weighted by Crippen LogP contribution is 2.33. The molecular formula is C20H17Cl2NO6. The predicted molar refractivity (Wildman–Crippen MR) is 110 cm³/mol. The average Bonchev–Trinajstić information content (AvgIpc) is 2.70. The van der Waals surface area contributed by atoms with Crippen molar-refractivity contribution in [2.45, 2.75) is 0 Å². The van der Waals surface area contributed by atoms with E-state index in [1.807, 2.05) is 0 Å². The molecule has 9 heteroatoms. The third-order valence-corrected chi connectivity index (χ3v) is 4.20. The van der Waals surface area contributed by atoms with Gasteiger partial charge in [0.15, 0.2) is 0 Å². The normalized spacial score (nSPS) is 10.5. The van der Waals surface area contributed by atoms with Crippen LogP contribution in [0.5, 0.6) is 5.75 Å². The summed E-state index contributed by atoms with van der Waals surface area (Å²) in [6.07, 6.45) is 2.70. The number of hydrogen-bond acceptors (Lipinski definition) is 6. The quantitative estimate of drug-likeness (QED) is 0.536. The van der Waals surface area contributed by atoms with Gasteiger partial charge in [-0.15, -0.1) is 0 Å². The third-order valence-electron chi connectivity index (χ3n) is 3.70. The number of hydrogen-bond donors (Lipinski definition) is 1. The van der Waals surface area contributed by atoms with Crippen molar-refractivity contribution in [1.29, 1.82) is 0 Å². The Labute approximate surface area is 177 Å². The summed E-state index contributed by atoms with van der Waals surface area (Å²) in [5.41, 5.74) is 0.869. The van der Waals surface area contributed by atoms with Crippen LogP contribution in [0.3, 0.4) is 0 Å². The molecule has 2 aromatic carbocycles. The van der Waals surface area contributed by atoms with Crippen LogP contribution in [0.2, 0.25) is 10.0 Å². The van der Waals surface area contributed by atoms with Crippen LogP contribution < -0.4 is 10.1 Å². The van der Waals surface area contributed by atoms with Crippen molar-refractivity contribution in [3.8, 4) is 5.75 Å². The lowest BCUT2D eigenvalue weighted by molar-refractivity contribution is -0.111. The van der Waals surface area contributed by atoms with Crippen molar-refractivity contribution in [2.24, 2.45) is 0 Å². The number of nitrogens with one attached hydrogen (secondary N) is 1. The van der Waals surface area contributed by atoms with Crippen molar-refractivity contribution in [3.63, 3.8) is 0 Å². The van der Waals surface area contributed by atoms with Gasteiger partial charge in [-0.3, -0.25) is 4.79 Å². The Morgan fingerprint density at radius 1 is 0.897 bits per heavy atom. The number of ether oxygens (including phenoxy) is 3. The molecule has 0 atom stereocenters. The van der Waals surface area contributed by atoms with Crippen molar-refractivity contribution in [2.75, 3.05) is 26.6 Å². The number of halogens is 2. The molecule has 0 saturated carbocycles. The molecule has 7 nitrogen and oxygen atoms in total. The zero-order valence-electron chi connectivity index (χ0n) is 15.7. The first-order valence-corrected chi connectivity index (χ1v) is 8.88. The number of carbonyl (C=O) groups excluding carboxylic acids is 3. The first-order valence-electron chi connectivity index (χ1n) is 8.12. The van der Waals surface area contributed by atoms with E-state index in [0.717, 1.165) is 0 Å². The van der Waals surface area contributed by atoms with Crippen LogP contribution in [-0.2, 0) is 14.3 Å². The summed E-state index contributed by atoms with van der Waals surface area (Å²) in [5.74, 6) is -1.50. The van der Waals surface area contributed by atoms with Crippen molar-refractivity contribution in [3.05, 3.63) is 63.1 Å². The lowest BCUT2D eigenvalue weighted by atomic mass is 10.1. The molecule has 0 aliphatic rings. The Kier molecular flexibility index (Phi) is 7.64. The molecule has 0 fully saturated rings. The number of amides is 1. The van der Waals surface area contributed by atoms with Gasteiger partial charge in [0.05, 0.1) is 37.5 Å². The van der Waals surface area contributed by atoms with E-state index < -0.39 is 17.8 Å². The summed E-state index contributed by atoms with van der Waals surface area (Å²) in [6, 6.07) is 7.17. The SMILES string of the molecule is COC(=O)c1cc(NC(=O)/C=C/c2cc(Cl)cc(Cl)c2OC)cc(C(=O)OC)c1. The molecule has 0 aliphatic carbocycles. The van der Waals surface area contributed by atoms with Gasteiger partial charge in [0.25, 0.3) is 0 Å². The molecule has 1 N–H and O–H groups in total. The topological polar surface area (TPSA) is 90.9 Å². The van der Waals surface area contributed by atoms with Crippen molar-refractivity contribution >= 4 is 52.8 Å². The fourth-order valence-electron chi connectivity index (χ4n) is 2.44. The fourth-order valence-corrected chi connectivity index (χ4v) is 3.03. The third kappa shape index (κ3) is 5.73. The summed E-state index contributed by atoms with van der Waals surface area (Å²) in [6.45, 7) is 0. The van der Waals surface area contributed by atoms with E-state index in [1.165, 1.54) is 57.7 Å². The minimum absolute atomic E-state index is 0.0815. The molecule has 0 heterocycles. The number of anilines is 1. The highest BCUT2D eigenvalue weighted by atomic mass is 35.5. The molecule has 0 radical (unpaired) electrons. The van der Waals surface area contributed by atoms with Crippen LogP contribution in [-0.4, -0.2) is 39.2 Å². The second kappa shape index (κ2) is 9.95. The molecule has 0 spiro atoms. The molecule has 0 saturated heterocycles. The maximum atomic E-state index is 12.3.